The molecule has 82 valence electrons. The number of rotatable bonds is 3. The van der Waals surface area contributed by atoms with Crippen molar-refractivity contribution in [3.05, 3.63) is 0 Å². The Balaban J connectivity index is 1.83. The van der Waals surface area contributed by atoms with Gasteiger partial charge in [-0.15, -0.1) is 0 Å². The average molecular weight is 197 g/mol. The molecule has 2 nitrogen and oxygen atoms in total. The third-order valence-electron chi connectivity index (χ3n) is 3.81. The molecule has 14 heavy (non-hydrogen) atoms. The average Bonchev–Trinajstić information content (AvgIpc) is 2.35. The van der Waals surface area contributed by atoms with Crippen molar-refractivity contribution in [3.63, 3.8) is 0 Å². The second-order valence-electron chi connectivity index (χ2n) is 4.86. The lowest BCUT2D eigenvalue weighted by molar-refractivity contribution is -0.0765. The first-order chi connectivity index (χ1) is 6.90. The van der Waals surface area contributed by atoms with E-state index in [4.69, 9.17) is 10.5 Å². The van der Waals surface area contributed by atoms with Gasteiger partial charge < -0.3 is 10.5 Å². The lowest BCUT2D eigenvalue weighted by Gasteiger charge is -2.33. The van der Waals surface area contributed by atoms with Crippen molar-refractivity contribution in [2.24, 2.45) is 11.7 Å². The highest BCUT2D eigenvalue weighted by atomic mass is 16.5. The van der Waals surface area contributed by atoms with Gasteiger partial charge in [-0.1, -0.05) is 19.3 Å². The first kappa shape index (κ1) is 10.4. The fourth-order valence-electron chi connectivity index (χ4n) is 2.55. The van der Waals surface area contributed by atoms with Crippen LogP contribution in [0.15, 0.2) is 0 Å². The molecule has 2 atom stereocenters. The maximum absolute atomic E-state index is 6.13. The standard InChI is InChI=1S/C12H23NO/c13-9-10-5-2-1-3-8-12(10)14-11-6-4-7-11/h10-12H,1-9,13H2. The van der Waals surface area contributed by atoms with Crippen molar-refractivity contribution in [1.29, 1.82) is 0 Å². The quantitative estimate of drug-likeness (QED) is 0.705. The molecular formula is C12H23NO. The maximum atomic E-state index is 6.13. The Morgan fingerprint density at radius 2 is 1.71 bits per heavy atom. The smallest absolute Gasteiger partial charge is 0.0619 e. The van der Waals surface area contributed by atoms with Crippen LogP contribution in [0.3, 0.4) is 0 Å². The molecule has 2 saturated carbocycles. The first-order valence-corrected chi connectivity index (χ1v) is 6.25. The largest absolute Gasteiger partial charge is 0.375 e. The minimum Gasteiger partial charge on any atom is -0.375 e. The van der Waals surface area contributed by atoms with E-state index in [2.05, 4.69) is 0 Å². The van der Waals surface area contributed by atoms with Gasteiger partial charge in [0, 0.05) is 0 Å². The van der Waals surface area contributed by atoms with Crippen molar-refractivity contribution in [3.8, 4) is 0 Å². The summed E-state index contributed by atoms with van der Waals surface area (Å²) in [6.45, 7) is 0.817. The number of nitrogens with two attached hydrogens (primary N) is 1. The zero-order chi connectivity index (χ0) is 9.80. The van der Waals surface area contributed by atoms with E-state index in [0.717, 1.165) is 6.54 Å². The van der Waals surface area contributed by atoms with Crippen LogP contribution in [-0.4, -0.2) is 18.8 Å². The van der Waals surface area contributed by atoms with Crippen molar-refractivity contribution in [1.82, 2.24) is 0 Å². The minimum atomic E-state index is 0.479. The van der Waals surface area contributed by atoms with Crippen LogP contribution < -0.4 is 5.73 Å². The highest BCUT2D eigenvalue weighted by molar-refractivity contribution is 4.79. The molecule has 2 unspecified atom stereocenters. The number of hydrogen-bond acceptors (Lipinski definition) is 2. The molecule has 2 N–H and O–H groups in total. The first-order valence-electron chi connectivity index (χ1n) is 6.25. The van der Waals surface area contributed by atoms with Gasteiger partial charge in [0.1, 0.15) is 0 Å². The molecular weight excluding hydrogens is 174 g/mol. The van der Waals surface area contributed by atoms with Crippen LogP contribution in [0.25, 0.3) is 0 Å². The summed E-state index contributed by atoms with van der Waals surface area (Å²) in [5.74, 6) is 0.637. The molecule has 0 aromatic rings. The van der Waals surface area contributed by atoms with Gasteiger partial charge in [0.05, 0.1) is 12.2 Å². The summed E-state index contributed by atoms with van der Waals surface area (Å²) in [5, 5.41) is 0. The van der Waals surface area contributed by atoms with Gasteiger partial charge in [-0.3, -0.25) is 0 Å². The van der Waals surface area contributed by atoms with Crippen molar-refractivity contribution in [2.75, 3.05) is 6.54 Å². The summed E-state index contributed by atoms with van der Waals surface area (Å²) < 4.78 is 6.13. The highest BCUT2D eigenvalue weighted by Gasteiger charge is 2.28. The molecule has 2 aliphatic rings. The van der Waals surface area contributed by atoms with Crippen LogP contribution >= 0.6 is 0 Å². The Morgan fingerprint density at radius 3 is 2.36 bits per heavy atom. The Morgan fingerprint density at radius 1 is 0.929 bits per heavy atom. The third kappa shape index (κ3) is 2.48. The number of ether oxygens (including phenoxy) is 1. The normalized spacial score (nSPS) is 34.9. The van der Waals surface area contributed by atoms with Crippen LogP contribution in [0.5, 0.6) is 0 Å². The van der Waals surface area contributed by atoms with Gasteiger partial charge in [-0.05, 0) is 44.6 Å². The Hall–Kier alpha value is -0.0800. The Bertz CT molecular complexity index is 168. The monoisotopic (exact) mass is 197 g/mol. The summed E-state index contributed by atoms with van der Waals surface area (Å²) in [6.07, 6.45) is 11.6. The second kappa shape index (κ2) is 5.13. The lowest BCUT2D eigenvalue weighted by atomic mass is 9.93. The van der Waals surface area contributed by atoms with Gasteiger partial charge in [0.15, 0.2) is 0 Å². The van der Waals surface area contributed by atoms with Crippen molar-refractivity contribution < 1.29 is 4.74 Å². The van der Waals surface area contributed by atoms with Crippen LogP contribution in [-0.2, 0) is 4.74 Å². The second-order valence-corrected chi connectivity index (χ2v) is 4.86. The van der Waals surface area contributed by atoms with E-state index < -0.39 is 0 Å². The lowest BCUT2D eigenvalue weighted by Crippen LogP contribution is -2.35. The van der Waals surface area contributed by atoms with E-state index >= 15 is 0 Å². The van der Waals surface area contributed by atoms with Gasteiger partial charge >= 0.3 is 0 Å². The fourth-order valence-corrected chi connectivity index (χ4v) is 2.55. The molecule has 0 radical (unpaired) electrons. The van der Waals surface area contributed by atoms with E-state index in [9.17, 15) is 0 Å². The van der Waals surface area contributed by atoms with Gasteiger partial charge in [0.2, 0.25) is 0 Å². The van der Waals surface area contributed by atoms with Crippen molar-refractivity contribution >= 4 is 0 Å². The Labute approximate surface area is 87.2 Å². The van der Waals surface area contributed by atoms with E-state index in [1.54, 1.807) is 0 Å². The predicted octanol–water partition coefficient (Wildman–Crippen LogP) is 2.46. The molecule has 0 saturated heterocycles. The summed E-state index contributed by atoms with van der Waals surface area (Å²) in [5.41, 5.74) is 5.82. The number of hydrogen-bond donors (Lipinski definition) is 1. The molecule has 0 aromatic carbocycles. The van der Waals surface area contributed by atoms with E-state index in [1.165, 1.54) is 51.4 Å². The summed E-state index contributed by atoms with van der Waals surface area (Å²) >= 11 is 0. The van der Waals surface area contributed by atoms with Gasteiger partial charge in [0.25, 0.3) is 0 Å². The molecule has 0 bridgehead atoms. The summed E-state index contributed by atoms with van der Waals surface area (Å²) in [4.78, 5) is 0. The molecule has 0 heterocycles. The Kier molecular flexibility index (Phi) is 3.82. The topological polar surface area (TPSA) is 35.2 Å². The third-order valence-corrected chi connectivity index (χ3v) is 3.81. The highest BCUT2D eigenvalue weighted by Crippen LogP contribution is 2.30. The molecule has 0 aromatic heterocycles. The molecule has 2 rings (SSSR count). The van der Waals surface area contributed by atoms with Gasteiger partial charge in [-0.2, -0.15) is 0 Å². The van der Waals surface area contributed by atoms with Crippen molar-refractivity contribution in [2.45, 2.75) is 63.6 Å². The van der Waals surface area contributed by atoms with Crippen LogP contribution in [0.2, 0.25) is 0 Å². The minimum absolute atomic E-state index is 0.479. The molecule has 2 fully saturated rings. The molecule has 0 aliphatic heterocycles. The molecule has 2 aliphatic carbocycles. The maximum Gasteiger partial charge on any atom is 0.0619 e. The van der Waals surface area contributed by atoms with Crippen LogP contribution in [0, 0.1) is 5.92 Å². The fraction of sp³-hybridized carbons (Fsp3) is 1.00. The van der Waals surface area contributed by atoms with E-state index in [-0.39, 0.29) is 0 Å². The van der Waals surface area contributed by atoms with Crippen LogP contribution in [0.4, 0.5) is 0 Å². The predicted molar refractivity (Wildman–Crippen MR) is 58.1 cm³/mol. The zero-order valence-corrected chi connectivity index (χ0v) is 9.08. The van der Waals surface area contributed by atoms with E-state index in [1.807, 2.05) is 0 Å². The SMILES string of the molecule is NCC1CCCCCC1OC1CCC1. The van der Waals surface area contributed by atoms with Crippen LogP contribution in [0.1, 0.15) is 51.4 Å². The van der Waals surface area contributed by atoms with E-state index in [0.29, 0.717) is 18.1 Å². The summed E-state index contributed by atoms with van der Waals surface area (Å²) in [7, 11) is 0. The molecule has 2 heteroatoms. The molecule has 0 amide bonds. The zero-order valence-electron chi connectivity index (χ0n) is 9.08. The summed E-state index contributed by atoms with van der Waals surface area (Å²) in [6, 6.07) is 0. The molecule has 0 spiro atoms. The van der Waals surface area contributed by atoms with Gasteiger partial charge in [-0.25, -0.2) is 0 Å².